The number of hydrogen-bond acceptors (Lipinski definition) is 3. The molecule has 0 spiro atoms. The van der Waals surface area contributed by atoms with Gasteiger partial charge in [-0.05, 0) is 18.9 Å². The highest BCUT2D eigenvalue weighted by Crippen LogP contribution is 2.25. The smallest absolute Gasteiger partial charge is 0.165 e. The number of benzene rings is 1. The fourth-order valence-corrected chi connectivity index (χ4v) is 1.54. The lowest BCUT2D eigenvalue weighted by Crippen LogP contribution is -2.17. The van der Waals surface area contributed by atoms with Gasteiger partial charge in [0.25, 0.3) is 0 Å². The summed E-state index contributed by atoms with van der Waals surface area (Å²) in [5, 5.41) is 12.0. The highest BCUT2D eigenvalue weighted by Gasteiger charge is 2.21. The van der Waals surface area contributed by atoms with Gasteiger partial charge in [0, 0.05) is 18.2 Å². The van der Waals surface area contributed by atoms with Gasteiger partial charge in [0.2, 0.25) is 0 Å². The Hall–Kier alpha value is -1.13. The van der Waals surface area contributed by atoms with E-state index in [2.05, 4.69) is 5.32 Å². The van der Waals surface area contributed by atoms with Crippen LogP contribution in [0.2, 0.25) is 0 Å². The van der Waals surface area contributed by atoms with Crippen LogP contribution >= 0.6 is 0 Å². The van der Waals surface area contributed by atoms with Crippen molar-refractivity contribution in [3.05, 3.63) is 29.6 Å². The van der Waals surface area contributed by atoms with Gasteiger partial charge in [0.1, 0.15) is 6.61 Å². The van der Waals surface area contributed by atoms with Crippen molar-refractivity contribution in [2.75, 3.05) is 13.2 Å². The number of halogens is 1. The van der Waals surface area contributed by atoms with E-state index in [1.54, 1.807) is 6.07 Å². The van der Waals surface area contributed by atoms with Gasteiger partial charge in [0.15, 0.2) is 11.6 Å². The van der Waals surface area contributed by atoms with Crippen LogP contribution in [0.25, 0.3) is 0 Å². The largest absolute Gasteiger partial charge is 0.488 e. The maximum absolute atomic E-state index is 13.5. The van der Waals surface area contributed by atoms with E-state index in [0.717, 1.165) is 5.56 Å². The number of aliphatic hydroxyl groups is 1. The number of para-hydroxylation sites is 1. The molecule has 2 rings (SSSR count). The highest BCUT2D eigenvalue weighted by molar-refractivity contribution is 5.35. The first kappa shape index (κ1) is 11.4. The number of nitrogens with one attached hydrogen (secondary N) is 1. The van der Waals surface area contributed by atoms with E-state index >= 15 is 0 Å². The van der Waals surface area contributed by atoms with Gasteiger partial charge in [0.05, 0.1) is 6.61 Å². The summed E-state index contributed by atoms with van der Waals surface area (Å²) in [4.78, 5) is 0. The molecule has 0 aliphatic heterocycles. The second-order valence-corrected chi connectivity index (χ2v) is 3.96. The van der Waals surface area contributed by atoms with E-state index in [0.29, 0.717) is 12.6 Å². The molecule has 16 heavy (non-hydrogen) atoms. The molecule has 0 saturated heterocycles. The zero-order chi connectivity index (χ0) is 11.4. The van der Waals surface area contributed by atoms with E-state index in [1.807, 2.05) is 6.07 Å². The lowest BCUT2D eigenvalue weighted by atomic mass is 10.2. The zero-order valence-electron chi connectivity index (χ0n) is 9.08. The third-order valence-electron chi connectivity index (χ3n) is 2.54. The van der Waals surface area contributed by atoms with Crippen molar-refractivity contribution < 1.29 is 14.2 Å². The molecule has 0 bridgehead atoms. The highest BCUT2D eigenvalue weighted by atomic mass is 19.1. The predicted octanol–water partition coefficient (Wildman–Crippen LogP) is 1.45. The van der Waals surface area contributed by atoms with Crippen molar-refractivity contribution in [3.63, 3.8) is 0 Å². The third kappa shape index (κ3) is 2.93. The topological polar surface area (TPSA) is 41.5 Å². The summed E-state index contributed by atoms with van der Waals surface area (Å²) in [6, 6.07) is 5.46. The normalized spacial score (nSPS) is 15.1. The van der Waals surface area contributed by atoms with Crippen LogP contribution in [0.4, 0.5) is 4.39 Å². The van der Waals surface area contributed by atoms with Crippen LogP contribution in [0.1, 0.15) is 18.4 Å². The maximum atomic E-state index is 13.5. The lowest BCUT2D eigenvalue weighted by Gasteiger charge is -2.12. The molecule has 1 aliphatic carbocycles. The third-order valence-corrected chi connectivity index (χ3v) is 2.54. The monoisotopic (exact) mass is 225 g/mol. The molecule has 1 saturated carbocycles. The Kier molecular flexibility index (Phi) is 3.74. The number of ether oxygens (including phenoxy) is 1. The first-order chi connectivity index (χ1) is 7.81. The molecule has 4 heteroatoms. The number of rotatable bonds is 6. The van der Waals surface area contributed by atoms with Crippen LogP contribution in [0.5, 0.6) is 5.75 Å². The Morgan fingerprint density at radius 3 is 2.94 bits per heavy atom. The zero-order valence-corrected chi connectivity index (χ0v) is 9.08. The van der Waals surface area contributed by atoms with E-state index < -0.39 is 0 Å². The molecular weight excluding hydrogens is 209 g/mol. The average molecular weight is 225 g/mol. The molecule has 2 N–H and O–H groups in total. The van der Waals surface area contributed by atoms with Gasteiger partial charge in [-0.15, -0.1) is 0 Å². The molecule has 0 unspecified atom stereocenters. The SMILES string of the molecule is OCCOc1c(F)cccc1CNC1CC1. The van der Waals surface area contributed by atoms with Crippen LogP contribution < -0.4 is 10.1 Å². The number of aliphatic hydroxyl groups excluding tert-OH is 1. The molecule has 3 nitrogen and oxygen atoms in total. The van der Waals surface area contributed by atoms with Crippen LogP contribution in [-0.4, -0.2) is 24.4 Å². The molecule has 0 heterocycles. The van der Waals surface area contributed by atoms with Crippen molar-refractivity contribution in [1.29, 1.82) is 0 Å². The van der Waals surface area contributed by atoms with E-state index in [1.165, 1.54) is 18.9 Å². The van der Waals surface area contributed by atoms with E-state index in [4.69, 9.17) is 9.84 Å². The molecule has 1 aromatic rings. The van der Waals surface area contributed by atoms with Crippen molar-refractivity contribution in [3.8, 4) is 5.75 Å². The van der Waals surface area contributed by atoms with Gasteiger partial charge >= 0.3 is 0 Å². The van der Waals surface area contributed by atoms with Crippen molar-refractivity contribution in [2.45, 2.75) is 25.4 Å². The summed E-state index contributed by atoms with van der Waals surface area (Å²) in [7, 11) is 0. The Labute approximate surface area is 94.2 Å². The summed E-state index contributed by atoms with van der Waals surface area (Å²) in [5.41, 5.74) is 0.806. The summed E-state index contributed by atoms with van der Waals surface area (Å²) in [6.45, 7) is 0.629. The first-order valence-electron chi connectivity index (χ1n) is 5.55. The molecule has 0 radical (unpaired) electrons. The summed E-state index contributed by atoms with van der Waals surface area (Å²) in [6.07, 6.45) is 2.39. The molecule has 0 amide bonds. The minimum absolute atomic E-state index is 0.107. The summed E-state index contributed by atoms with van der Waals surface area (Å²) in [5.74, 6) is -0.117. The second-order valence-electron chi connectivity index (χ2n) is 3.96. The Morgan fingerprint density at radius 1 is 1.44 bits per heavy atom. The van der Waals surface area contributed by atoms with Crippen LogP contribution in [-0.2, 0) is 6.54 Å². The van der Waals surface area contributed by atoms with Gasteiger partial charge < -0.3 is 15.2 Å². The molecule has 0 aromatic heterocycles. The molecule has 1 fully saturated rings. The first-order valence-corrected chi connectivity index (χ1v) is 5.55. The molecular formula is C12H16FNO2. The standard InChI is InChI=1S/C12H16FNO2/c13-11-3-1-2-9(8-14-10-4-5-10)12(11)16-7-6-15/h1-3,10,14-15H,4-8H2. The minimum Gasteiger partial charge on any atom is -0.488 e. The number of hydrogen-bond donors (Lipinski definition) is 2. The van der Waals surface area contributed by atoms with Gasteiger partial charge in [-0.2, -0.15) is 0 Å². The average Bonchev–Trinajstić information content (AvgIpc) is 3.09. The van der Waals surface area contributed by atoms with Crippen molar-refractivity contribution >= 4 is 0 Å². The van der Waals surface area contributed by atoms with Crippen LogP contribution in [0, 0.1) is 5.82 Å². The van der Waals surface area contributed by atoms with Crippen molar-refractivity contribution in [1.82, 2.24) is 5.32 Å². The Morgan fingerprint density at radius 2 is 2.25 bits per heavy atom. The van der Waals surface area contributed by atoms with Gasteiger partial charge in [-0.1, -0.05) is 12.1 Å². The predicted molar refractivity (Wildman–Crippen MR) is 58.8 cm³/mol. The van der Waals surface area contributed by atoms with E-state index in [9.17, 15) is 4.39 Å². The second kappa shape index (κ2) is 5.27. The quantitative estimate of drug-likeness (QED) is 0.770. The fraction of sp³-hybridized carbons (Fsp3) is 0.500. The van der Waals surface area contributed by atoms with E-state index in [-0.39, 0.29) is 24.8 Å². The summed E-state index contributed by atoms with van der Waals surface area (Å²) >= 11 is 0. The van der Waals surface area contributed by atoms with Crippen LogP contribution in [0.15, 0.2) is 18.2 Å². The van der Waals surface area contributed by atoms with Gasteiger partial charge in [-0.3, -0.25) is 0 Å². The van der Waals surface area contributed by atoms with Crippen LogP contribution in [0.3, 0.4) is 0 Å². The Bertz CT molecular complexity index is 353. The molecule has 1 aromatic carbocycles. The summed E-state index contributed by atoms with van der Waals surface area (Å²) < 4.78 is 18.7. The Balaban J connectivity index is 2.04. The van der Waals surface area contributed by atoms with Crippen molar-refractivity contribution in [2.24, 2.45) is 0 Å². The molecule has 88 valence electrons. The minimum atomic E-state index is -0.372. The molecule has 0 atom stereocenters. The maximum Gasteiger partial charge on any atom is 0.165 e. The lowest BCUT2D eigenvalue weighted by molar-refractivity contribution is 0.195. The molecule has 1 aliphatic rings. The fourth-order valence-electron chi connectivity index (χ4n) is 1.54. The van der Waals surface area contributed by atoms with Gasteiger partial charge in [-0.25, -0.2) is 4.39 Å².